The number of nitro groups is 1. The van der Waals surface area contributed by atoms with Crippen LogP contribution in [0.1, 0.15) is 17.5 Å². The summed E-state index contributed by atoms with van der Waals surface area (Å²) in [7, 11) is 0. The number of fused-ring (bicyclic) bond motifs is 1. The van der Waals surface area contributed by atoms with Gasteiger partial charge in [-0.1, -0.05) is 15.9 Å². The third-order valence-electron chi connectivity index (χ3n) is 2.67. The Morgan fingerprint density at radius 1 is 1.38 bits per heavy atom. The maximum atomic E-state index is 11.7. The molecule has 1 aliphatic carbocycles. The maximum Gasteiger partial charge on any atom is 0.356 e. The van der Waals surface area contributed by atoms with Gasteiger partial charge >= 0.3 is 4.45 Å². The molecular formula is C10H7Br2NO3. The number of alkyl halides is 1. The van der Waals surface area contributed by atoms with Crippen molar-refractivity contribution in [2.45, 2.75) is 17.3 Å². The van der Waals surface area contributed by atoms with Gasteiger partial charge in [0.15, 0.2) is 0 Å². The molecule has 0 spiro atoms. The number of Topliss-reactive ketones (excluding diaryl/α,β-unsaturated/α-hetero) is 1. The fourth-order valence-corrected chi connectivity index (χ4v) is 2.85. The van der Waals surface area contributed by atoms with Gasteiger partial charge in [-0.25, -0.2) is 0 Å². The minimum absolute atomic E-state index is 0.190. The molecule has 0 aromatic heterocycles. The molecule has 0 N–H and O–H groups in total. The third-order valence-corrected chi connectivity index (χ3v) is 4.32. The van der Waals surface area contributed by atoms with E-state index in [1.807, 2.05) is 6.07 Å². The summed E-state index contributed by atoms with van der Waals surface area (Å²) in [5.41, 5.74) is 1.28. The predicted octanol–water partition coefficient (Wildman–Crippen LogP) is 2.79. The SMILES string of the molecule is O=C1CCc2cc(Br)ccc2C1(Br)[N+](=O)[O-]. The quantitative estimate of drug-likeness (QED) is 0.339. The zero-order valence-corrected chi connectivity index (χ0v) is 11.2. The van der Waals surface area contributed by atoms with Crippen LogP contribution in [0.4, 0.5) is 0 Å². The van der Waals surface area contributed by atoms with Crippen molar-refractivity contribution in [1.82, 2.24) is 0 Å². The number of ketones is 1. The molecule has 2 rings (SSSR count). The van der Waals surface area contributed by atoms with Crippen LogP contribution in [0.15, 0.2) is 22.7 Å². The average molecular weight is 349 g/mol. The van der Waals surface area contributed by atoms with Gasteiger partial charge in [-0.3, -0.25) is 14.9 Å². The van der Waals surface area contributed by atoms with Crippen molar-refractivity contribution in [2.24, 2.45) is 0 Å². The second-order valence-corrected chi connectivity index (χ2v) is 5.67. The number of nitrogens with zero attached hydrogens (tertiary/aromatic N) is 1. The lowest BCUT2D eigenvalue weighted by atomic mass is 9.87. The van der Waals surface area contributed by atoms with Gasteiger partial charge in [-0.2, -0.15) is 0 Å². The Morgan fingerprint density at radius 3 is 2.69 bits per heavy atom. The minimum Gasteiger partial charge on any atom is -0.290 e. The first-order valence-electron chi connectivity index (χ1n) is 4.62. The Kier molecular flexibility index (Phi) is 2.88. The van der Waals surface area contributed by atoms with Gasteiger partial charge in [0.2, 0.25) is 5.78 Å². The second kappa shape index (κ2) is 3.92. The third kappa shape index (κ3) is 1.60. The number of benzene rings is 1. The van der Waals surface area contributed by atoms with Gasteiger partial charge in [-0.15, -0.1) is 0 Å². The van der Waals surface area contributed by atoms with Crippen LogP contribution in [-0.2, 0) is 15.7 Å². The van der Waals surface area contributed by atoms with Gasteiger partial charge in [-0.05, 0) is 30.2 Å². The van der Waals surface area contributed by atoms with Crippen LogP contribution in [-0.4, -0.2) is 10.7 Å². The summed E-state index contributed by atoms with van der Waals surface area (Å²) in [6.45, 7) is 0. The molecule has 1 aromatic carbocycles. The molecular weight excluding hydrogens is 342 g/mol. The Labute approximate surface area is 108 Å². The Bertz CT molecular complexity index is 489. The topological polar surface area (TPSA) is 60.2 Å². The molecule has 0 saturated heterocycles. The average Bonchev–Trinajstić information content (AvgIpc) is 2.23. The number of halogens is 2. The molecule has 4 nitrogen and oxygen atoms in total. The second-order valence-electron chi connectivity index (χ2n) is 3.60. The molecule has 0 aliphatic heterocycles. The van der Waals surface area contributed by atoms with Crippen molar-refractivity contribution >= 4 is 37.6 Å². The molecule has 1 unspecified atom stereocenters. The lowest BCUT2D eigenvalue weighted by Gasteiger charge is -2.25. The minimum atomic E-state index is -1.76. The molecule has 1 aromatic rings. The lowest BCUT2D eigenvalue weighted by molar-refractivity contribution is -0.527. The molecule has 0 fully saturated rings. The molecule has 1 aliphatic rings. The molecule has 0 heterocycles. The first-order chi connectivity index (χ1) is 7.46. The van der Waals surface area contributed by atoms with Crippen LogP contribution < -0.4 is 0 Å². The Balaban J connectivity index is 2.66. The number of aryl methyl sites for hydroxylation is 1. The van der Waals surface area contributed by atoms with Crippen LogP contribution in [0, 0.1) is 10.1 Å². The molecule has 84 valence electrons. The van der Waals surface area contributed by atoms with E-state index in [9.17, 15) is 14.9 Å². The first kappa shape index (κ1) is 11.7. The van der Waals surface area contributed by atoms with Gasteiger partial charge in [0.25, 0.3) is 0 Å². The van der Waals surface area contributed by atoms with E-state index in [4.69, 9.17) is 0 Å². The standard InChI is InChI=1S/C10H7Br2NO3/c11-7-2-3-8-6(5-7)1-4-9(14)10(8,12)13(15)16/h2-3,5H,1,4H2. The van der Waals surface area contributed by atoms with Gasteiger partial charge in [0, 0.05) is 26.8 Å². The molecule has 6 heteroatoms. The normalized spacial score (nSPS) is 24.0. The van der Waals surface area contributed by atoms with E-state index in [2.05, 4.69) is 31.9 Å². The van der Waals surface area contributed by atoms with Gasteiger partial charge < -0.3 is 0 Å². The molecule has 0 radical (unpaired) electrons. The molecule has 1 atom stereocenters. The number of hydrogen-bond donors (Lipinski definition) is 0. The summed E-state index contributed by atoms with van der Waals surface area (Å²) >= 11 is 6.30. The predicted molar refractivity (Wildman–Crippen MR) is 65.1 cm³/mol. The van der Waals surface area contributed by atoms with Gasteiger partial charge in [0.1, 0.15) is 0 Å². The number of hydrogen-bond acceptors (Lipinski definition) is 3. The summed E-state index contributed by atoms with van der Waals surface area (Å²) in [5.74, 6) is -0.396. The molecule has 16 heavy (non-hydrogen) atoms. The van der Waals surface area contributed by atoms with Gasteiger partial charge in [0.05, 0.1) is 10.5 Å². The lowest BCUT2D eigenvalue weighted by Crippen LogP contribution is -2.41. The van der Waals surface area contributed by atoms with Crippen LogP contribution in [0.2, 0.25) is 0 Å². The smallest absolute Gasteiger partial charge is 0.290 e. The van der Waals surface area contributed by atoms with E-state index < -0.39 is 15.2 Å². The van der Waals surface area contributed by atoms with E-state index in [1.54, 1.807) is 12.1 Å². The fourth-order valence-electron chi connectivity index (χ4n) is 1.86. The van der Waals surface area contributed by atoms with Crippen molar-refractivity contribution < 1.29 is 9.72 Å². The van der Waals surface area contributed by atoms with E-state index in [-0.39, 0.29) is 6.42 Å². The van der Waals surface area contributed by atoms with Crippen molar-refractivity contribution in [3.05, 3.63) is 43.9 Å². The maximum absolute atomic E-state index is 11.7. The van der Waals surface area contributed by atoms with Crippen LogP contribution in [0.25, 0.3) is 0 Å². The highest BCUT2D eigenvalue weighted by Crippen LogP contribution is 2.41. The highest BCUT2D eigenvalue weighted by atomic mass is 79.9. The summed E-state index contributed by atoms with van der Waals surface area (Å²) in [6.07, 6.45) is 0.741. The van der Waals surface area contributed by atoms with E-state index in [0.717, 1.165) is 10.0 Å². The number of carbonyl (C=O) groups is 1. The van der Waals surface area contributed by atoms with E-state index >= 15 is 0 Å². The number of carbonyl (C=O) groups excluding carboxylic acids is 1. The summed E-state index contributed by atoms with van der Waals surface area (Å²) in [5, 5.41) is 11.1. The molecule has 0 bridgehead atoms. The summed E-state index contributed by atoms with van der Waals surface area (Å²) in [6, 6.07) is 5.15. The fraction of sp³-hybridized carbons (Fsp3) is 0.300. The van der Waals surface area contributed by atoms with Crippen molar-refractivity contribution in [1.29, 1.82) is 0 Å². The number of rotatable bonds is 1. The van der Waals surface area contributed by atoms with Crippen molar-refractivity contribution in [3.8, 4) is 0 Å². The van der Waals surface area contributed by atoms with Crippen molar-refractivity contribution in [3.63, 3.8) is 0 Å². The summed E-state index contributed by atoms with van der Waals surface area (Å²) in [4.78, 5) is 22.2. The highest BCUT2D eigenvalue weighted by Gasteiger charge is 2.52. The first-order valence-corrected chi connectivity index (χ1v) is 6.20. The van der Waals surface area contributed by atoms with E-state index in [0.29, 0.717) is 12.0 Å². The van der Waals surface area contributed by atoms with Crippen LogP contribution in [0.5, 0.6) is 0 Å². The molecule has 0 amide bonds. The Hall–Kier alpha value is -0.750. The molecule has 0 saturated carbocycles. The monoisotopic (exact) mass is 347 g/mol. The van der Waals surface area contributed by atoms with Crippen LogP contribution >= 0.6 is 31.9 Å². The summed E-state index contributed by atoms with van der Waals surface area (Å²) < 4.78 is -0.903. The largest absolute Gasteiger partial charge is 0.356 e. The highest BCUT2D eigenvalue weighted by molar-refractivity contribution is 9.10. The van der Waals surface area contributed by atoms with E-state index in [1.165, 1.54) is 0 Å². The van der Waals surface area contributed by atoms with Crippen molar-refractivity contribution in [2.75, 3.05) is 0 Å². The van der Waals surface area contributed by atoms with Crippen LogP contribution in [0.3, 0.4) is 0 Å². The zero-order valence-electron chi connectivity index (χ0n) is 8.07. The zero-order chi connectivity index (χ0) is 11.9. The Morgan fingerprint density at radius 2 is 2.06 bits per heavy atom.